The number of likely N-dealkylation sites (N-methyl/N-ethyl adjacent to an activating group) is 1. The van der Waals surface area contributed by atoms with Gasteiger partial charge in [-0.3, -0.25) is 14.4 Å². The molecular formula is C17H16F3N3O4. The van der Waals surface area contributed by atoms with E-state index < -0.39 is 23.9 Å². The van der Waals surface area contributed by atoms with E-state index in [9.17, 15) is 27.6 Å². The summed E-state index contributed by atoms with van der Waals surface area (Å²) in [5, 5.41) is 2.43. The number of hydrogen-bond donors (Lipinski definition) is 2. The number of halogens is 3. The summed E-state index contributed by atoms with van der Waals surface area (Å²) in [4.78, 5) is 38.6. The fourth-order valence-electron chi connectivity index (χ4n) is 2.18. The number of pyridine rings is 1. The Labute approximate surface area is 151 Å². The number of carbonyl (C=O) groups excluding carboxylic acids is 2. The molecule has 2 rings (SSSR count). The normalized spacial score (nSPS) is 11.0. The number of alkyl halides is 3. The predicted octanol–water partition coefficient (Wildman–Crippen LogP) is 1.66. The maximum absolute atomic E-state index is 12.4. The average molecular weight is 383 g/mol. The highest BCUT2D eigenvalue weighted by molar-refractivity contribution is 5.96. The van der Waals surface area contributed by atoms with E-state index in [0.29, 0.717) is 0 Å². The van der Waals surface area contributed by atoms with Gasteiger partial charge in [0, 0.05) is 31.4 Å². The molecule has 2 N–H and O–H groups in total. The molecule has 0 aliphatic rings. The standard InChI is InChI=1S/C17H16F3N3O4/c1-23(16(26)12-6-7-14(24)21-9-12)10-15(25)22-8-11-4-2-3-5-13(11)27-17(18,19)20/h2-7,9H,8,10H2,1H3,(H,21,24)(H,22,25). The Morgan fingerprint density at radius 3 is 2.52 bits per heavy atom. The molecule has 0 aliphatic carbocycles. The third-order valence-corrected chi connectivity index (χ3v) is 3.43. The number of aromatic amines is 1. The van der Waals surface area contributed by atoms with E-state index in [1.165, 1.54) is 43.6 Å². The van der Waals surface area contributed by atoms with E-state index in [1.807, 2.05) is 0 Å². The number of amides is 2. The van der Waals surface area contributed by atoms with Crippen molar-refractivity contribution in [3.63, 3.8) is 0 Å². The summed E-state index contributed by atoms with van der Waals surface area (Å²) < 4.78 is 41.1. The summed E-state index contributed by atoms with van der Waals surface area (Å²) in [6, 6.07) is 7.91. The molecule has 0 radical (unpaired) electrons. The van der Waals surface area contributed by atoms with Gasteiger partial charge < -0.3 is 19.9 Å². The van der Waals surface area contributed by atoms with Crippen LogP contribution in [0.5, 0.6) is 5.75 Å². The zero-order chi connectivity index (χ0) is 20.0. The quantitative estimate of drug-likeness (QED) is 0.794. The Morgan fingerprint density at radius 2 is 1.89 bits per heavy atom. The van der Waals surface area contributed by atoms with Gasteiger partial charge in [-0.25, -0.2) is 0 Å². The van der Waals surface area contributed by atoms with Crippen LogP contribution >= 0.6 is 0 Å². The van der Waals surface area contributed by atoms with Gasteiger partial charge in [-0.1, -0.05) is 18.2 Å². The minimum atomic E-state index is -4.84. The molecule has 1 aromatic carbocycles. The lowest BCUT2D eigenvalue weighted by Gasteiger charge is -2.17. The molecule has 0 bridgehead atoms. The van der Waals surface area contributed by atoms with Crippen LogP contribution in [0.25, 0.3) is 0 Å². The van der Waals surface area contributed by atoms with Crippen molar-refractivity contribution in [3.05, 3.63) is 64.1 Å². The van der Waals surface area contributed by atoms with Crippen LogP contribution in [0, 0.1) is 0 Å². The lowest BCUT2D eigenvalue weighted by Crippen LogP contribution is -2.38. The number of ether oxygens (including phenoxy) is 1. The minimum Gasteiger partial charge on any atom is -0.405 e. The van der Waals surface area contributed by atoms with Crippen LogP contribution in [0.15, 0.2) is 47.4 Å². The monoisotopic (exact) mass is 383 g/mol. The molecule has 0 unspecified atom stereocenters. The molecule has 10 heteroatoms. The van der Waals surface area contributed by atoms with Gasteiger partial charge in [0.2, 0.25) is 11.5 Å². The van der Waals surface area contributed by atoms with Gasteiger partial charge in [-0.15, -0.1) is 13.2 Å². The van der Waals surface area contributed by atoms with Crippen molar-refractivity contribution < 1.29 is 27.5 Å². The van der Waals surface area contributed by atoms with Crippen LogP contribution in [0.3, 0.4) is 0 Å². The van der Waals surface area contributed by atoms with Crippen molar-refractivity contribution in [2.75, 3.05) is 13.6 Å². The van der Waals surface area contributed by atoms with Crippen molar-refractivity contribution in [2.45, 2.75) is 12.9 Å². The predicted molar refractivity (Wildman–Crippen MR) is 89.0 cm³/mol. The highest BCUT2D eigenvalue weighted by Crippen LogP contribution is 2.26. The van der Waals surface area contributed by atoms with Crippen LogP contribution in [-0.4, -0.2) is 41.7 Å². The minimum absolute atomic E-state index is 0.137. The number of H-pyrrole nitrogens is 1. The molecule has 7 nitrogen and oxygen atoms in total. The molecular weight excluding hydrogens is 367 g/mol. The summed E-state index contributed by atoms with van der Waals surface area (Å²) in [5.74, 6) is -1.48. The first-order chi connectivity index (χ1) is 12.7. The number of benzene rings is 1. The highest BCUT2D eigenvalue weighted by Gasteiger charge is 2.32. The molecule has 0 spiro atoms. The number of aromatic nitrogens is 1. The Morgan fingerprint density at radius 1 is 1.19 bits per heavy atom. The number of rotatable bonds is 6. The Bertz CT molecular complexity index is 860. The van der Waals surface area contributed by atoms with Crippen LogP contribution in [-0.2, 0) is 11.3 Å². The number of hydrogen-bond acceptors (Lipinski definition) is 4. The van der Waals surface area contributed by atoms with E-state index in [0.717, 1.165) is 11.0 Å². The fraction of sp³-hybridized carbons (Fsp3) is 0.235. The lowest BCUT2D eigenvalue weighted by atomic mass is 10.2. The summed E-state index contributed by atoms with van der Waals surface area (Å²) >= 11 is 0. The van der Waals surface area contributed by atoms with E-state index in [2.05, 4.69) is 15.0 Å². The molecule has 0 saturated carbocycles. The molecule has 0 saturated heterocycles. The Kier molecular flexibility index (Phi) is 6.22. The number of nitrogens with one attached hydrogen (secondary N) is 2. The summed E-state index contributed by atoms with van der Waals surface area (Å²) in [7, 11) is 1.38. The second kappa shape index (κ2) is 8.39. The van der Waals surface area contributed by atoms with E-state index in [4.69, 9.17) is 0 Å². The molecule has 2 aromatic rings. The smallest absolute Gasteiger partial charge is 0.405 e. The number of para-hydroxylation sites is 1. The molecule has 144 valence electrons. The molecule has 27 heavy (non-hydrogen) atoms. The van der Waals surface area contributed by atoms with Crippen LogP contribution < -0.4 is 15.6 Å². The third-order valence-electron chi connectivity index (χ3n) is 3.43. The summed E-state index contributed by atoms with van der Waals surface area (Å²) in [6.45, 7) is -0.522. The lowest BCUT2D eigenvalue weighted by molar-refractivity contribution is -0.274. The first-order valence-corrected chi connectivity index (χ1v) is 7.70. The Balaban J connectivity index is 1.93. The molecule has 0 fully saturated rings. The largest absolute Gasteiger partial charge is 0.573 e. The SMILES string of the molecule is CN(CC(=O)NCc1ccccc1OC(F)(F)F)C(=O)c1ccc(=O)[nH]c1. The van der Waals surface area contributed by atoms with E-state index in [-0.39, 0.29) is 29.8 Å². The third kappa shape index (κ3) is 6.17. The number of carbonyl (C=O) groups is 2. The molecule has 2 amide bonds. The van der Waals surface area contributed by atoms with Gasteiger partial charge in [0.15, 0.2) is 0 Å². The van der Waals surface area contributed by atoms with Crippen molar-refractivity contribution in [2.24, 2.45) is 0 Å². The zero-order valence-electron chi connectivity index (χ0n) is 14.2. The molecule has 1 aromatic heterocycles. The van der Waals surface area contributed by atoms with Crippen molar-refractivity contribution >= 4 is 11.8 Å². The first kappa shape index (κ1) is 20.0. The van der Waals surface area contributed by atoms with Gasteiger partial charge in [-0.05, 0) is 12.1 Å². The van der Waals surface area contributed by atoms with Crippen molar-refractivity contribution in [1.29, 1.82) is 0 Å². The fourth-order valence-corrected chi connectivity index (χ4v) is 2.18. The highest BCUT2D eigenvalue weighted by atomic mass is 19.4. The van der Waals surface area contributed by atoms with Gasteiger partial charge >= 0.3 is 6.36 Å². The molecule has 0 atom stereocenters. The van der Waals surface area contributed by atoms with Gasteiger partial charge in [0.05, 0.1) is 12.1 Å². The van der Waals surface area contributed by atoms with E-state index >= 15 is 0 Å². The first-order valence-electron chi connectivity index (χ1n) is 7.70. The Hall–Kier alpha value is -3.30. The van der Waals surface area contributed by atoms with Crippen LogP contribution in [0.1, 0.15) is 15.9 Å². The van der Waals surface area contributed by atoms with E-state index in [1.54, 1.807) is 0 Å². The summed E-state index contributed by atoms with van der Waals surface area (Å²) in [6.07, 6.45) is -3.62. The van der Waals surface area contributed by atoms with Crippen molar-refractivity contribution in [1.82, 2.24) is 15.2 Å². The second-order valence-electron chi connectivity index (χ2n) is 5.54. The average Bonchev–Trinajstić information content (AvgIpc) is 2.59. The maximum Gasteiger partial charge on any atom is 0.573 e. The molecule has 1 heterocycles. The topological polar surface area (TPSA) is 91.5 Å². The molecule has 0 aliphatic heterocycles. The summed E-state index contributed by atoms with van der Waals surface area (Å²) in [5.41, 5.74) is -0.0432. The van der Waals surface area contributed by atoms with Crippen LogP contribution in [0.2, 0.25) is 0 Å². The van der Waals surface area contributed by atoms with Gasteiger partial charge in [0.25, 0.3) is 5.91 Å². The zero-order valence-corrected chi connectivity index (χ0v) is 14.2. The van der Waals surface area contributed by atoms with Gasteiger partial charge in [-0.2, -0.15) is 0 Å². The second-order valence-corrected chi connectivity index (χ2v) is 5.54. The number of nitrogens with zero attached hydrogens (tertiary/aromatic N) is 1. The van der Waals surface area contributed by atoms with Crippen molar-refractivity contribution in [3.8, 4) is 5.75 Å². The van der Waals surface area contributed by atoms with Crippen LogP contribution in [0.4, 0.5) is 13.2 Å². The van der Waals surface area contributed by atoms with Gasteiger partial charge in [0.1, 0.15) is 5.75 Å². The maximum atomic E-state index is 12.4.